The maximum atomic E-state index is 10.9. The second-order valence-electron chi connectivity index (χ2n) is 11.2. The van der Waals surface area contributed by atoms with E-state index in [1.807, 2.05) is 12.1 Å². The number of rotatable bonds is 40. The summed E-state index contributed by atoms with van der Waals surface area (Å²) in [5.74, 6) is 0.475. The first-order chi connectivity index (χ1) is 24.8. The second-order valence-corrected chi connectivity index (χ2v) is 11.2. The molecule has 0 radical (unpaired) electrons. The highest BCUT2D eigenvalue weighted by atomic mass is 16.6. The molecule has 0 N–H and O–H groups in total. The molecule has 1 rings (SSSR count). The maximum absolute atomic E-state index is 10.9. The highest BCUT2D eigenvalue weighted by molar-refractivity contribution is 5.70. The van der Waals surface area contributed by atoms with E-state index in [1.54, 1.807) is 0 Å². The number of carbonyl (C=O) groups excluding carboxylic acids is 1. The van der Waals surface area contributed by atoms with E-state index in [0.717, 1.165) is 12.2 Å². The number of unbranched alkanes of at least 4 members (excludes halogenated alkanes) is 5. The molecule has 0 heterocycles. The van der Waals surface area contributed by atoms with E-state index in [2.05, 4.69) is 23.8 Å². The van der Waals surface area contributed by atoms with Crippen LogP contribution in [0.25, 0.3) is 0 Å². The number of hydrogen-bond acceptors (Lipinski definition) is 13. The molecule has 0 saturated carbocycles. The maximum Gasteiger partial charge on any atom is 0.331 e. The van der Waals surface area contributed by atoms with Gasteiger partial charge in [0, 0.05) is 0 Å². The fourth-order valence-corrected chi connectivity index (χ4v) is 4.27. The van der Waals surface area contributed by atoms with Gasteiger partial charge < -0.3 is 56.8 Å². The fraction of sp³-hybridized carbons (Fsp3) is 0.811. The Morgan fingerprint density at radius 2 is 0.780 bits per heavy atom. The lowest BCUT2D eigenvalue weighted by molar-refractivity contribution is -0.146. The number of ether oxygens (including phenoxy) is 12. The van der Waals surface area contributed by atoms with Crippen molar-refractivity contribution in [3.05, 3.63) is 29.8 Å². The molecular weight excluding hydrogens is 652 g/mol. The standard InChI is InChI=1S/C37H66O13/c1-3-4-5-6-7-8-9-35-10-12-36(13-11-35)50-33-32-48-29-28-46-25-24-44-21-20-42-17-16-40-14-15-41-18-19-43-22-23-45-26-27-47-30-31-49-34-37(38)39-2/h10-13H,3-9,14-34H2,1-2H3. The van der Waals surface area contributed by atoms with Crippen molar-refractivity contribution in [3.8, 4) is 5.75 Å². The van der Waals surface area contributed by atoms with E-state index in [-0.39, 0.29) is 6.61 Å². The van der Waals surface area contributed by atoms with E-state index in [0.29, 0.717) is 132 Å². The van der Waals surface area contributed by atoms with Gasteiger partial charge in [0.2, 0.25) is 0 Å². The second kappa shape index (κ2) is 38.3. The third-order valence-corrected chi connectivity index (χ3v) is 7.03. The quantitative estimate of drug-likeness (QED) is 0.0707. The van der Waals surface area contributed by atoms with Crippen LogP contribution >= 0.6 is 0 Å². The zero-order valence-electron chi connectivity index (χ0n) is 30.9. The predicted molar refractivity (Wildman–Crippen MR) is 189 cm³/mol. The molecule has 0 bridgehead atoms. The van der Waals surface area contributed by atoms with Gasteiger partial charge in [0.05, 0.1) is 133 Å². The van der Waals surface area contributed by atoms with Gasteiger partial charge in [-0.3, -0.25) is 0 Å². The third-order valence-electron chi connectivity index (χ3n) is 7.03. The van der Waals surface area contributed by atoms with Gasteiger partial charge in [0.1, 0.15) is 19.0 Å². The molecule has 0 atom stereocenters. The van der Waals surface area contributed by atoms with Crippen LogP contribution in [-0.2, 0) is 63.3 Å². The molecule has 0 saturated heterocycles. The highest BCUT2D eigenvalue weighted by Gasteiger charge is 2.00. The molecule has 50 heavy (non-hydrogen) atoms. The van der Waals surface area contributed by atoms with Crippen LogP contribution in [0.2, 0.25) is 0 Å². The smallest absolute Gasteiger partial charge is 0.331 e. The molecule has 0 spiro atoms. The Balaban J connectivity index is 1.69. The van der Waals surface area contributed by atoms with Gasteiger partial charge in [0.25, 0.3) is 0 Å². The minimum Gasteiger partial charge on any atom is -0.491 e. The summed E-state index contributed by atoms with van der Waals surface area (Å²) < 4.78 is 64.6. The average molecular weight is 719 g/mol. The average Bonchev–Trinajstić information content (AvgIpc) is 3.14. The monoisotopic (exact) mass is 718 g/mol. The summed E-state index contributed by atoms with van der Waals surface area (Å²) >= 11 is 0. The minimum absolute atomic E-state index is 0.0694. The zero-order chi connectivity index (χ0) is 35.8. The molecule has 1 aromatic rings. The molecule has 13 nitrogen and oxygen atoms in total. The van der Waals surface area contributed by atoms with Gasteiger partial charge in [-0.25, -0.2) is 4.79 Å². The van der Waals surface area contributed by atoms with E-state index in [1.165, 1.54) is 51.2 Å². The molecule has 1 aromatic carbocycles. The van der Waals surface area contributed by atoms with Gasteiger partial charge in [-0.05, 0) is 30.5 Å². The Bertz CT molecular complexity index is 828. The Kier molecular flexibility index (Phi) is 35.3. The molecule has 292 valence electrons. The van der Waals surface area contributed by atoms with Crippen molar-refractivity contribution >= 4 is 5.97 Å². The lowest BCUT2D eigenvalue weighted by Crippen LogP contribution is -2.16. The van der Waals surface area contributed by atoms with Crippen molar-refractivity contribution in [3.63, 3.8) is 0 Å². The minimum atomic E-state index is -0.406. The lowest BCUT2D eigenvalue weighted by atomic mass is 10.0. The molecule has 13 heteroatoms. The zero-order valence-corrected chi connectivity index (χ0v) is 30.9. The summed E-state index contributed by atoms with van der Waals surface area (Å²) in [6.07, 6.45) is 9.07. The molecule has 0 aromatic heterocycles. The van der Waals surface area contributed by atoms with Crippen LogP contribution in [0.4, 0.5) is 0 Å². The summed E-state index contributed by atoms with van der Waals surface area (Å²) in [5.41, 5.74) is 1.37. The first-order valence-corrected chi connectivity index (χ1v) is 18.3. The van der Waals surface area contributed by atoms with Crippen molar-refractivity contribution < 1.29 is 61.6 Å². The molecule has 0 amide bonds. The van der Waals surface area contributed by atoms with E-state index in [9.17, 15) is 4.79 Å². The Labute approximate surface area is 300 Å². The van der Waals surface area contributed by atoms with Crippen molar-refractivity contribution in [2.75, 3.05) is 146 Å². The van der Waals surface area contributed by atoms with Gasteiger partial charge in [0.15, 0.2) is 0 Å². The number of benzene rings is 1. The third kappa shape index (κ3) is 33.2. The summed E-state index contributed by atoms with van der Waals surface area (Å²) in [7, 11) is 1.32. The predicted octanol–water partition coefficient (Wildman–Crippen LogP) is 4.31. The highest BCUT2D eigenvalue weighted by Crippen LogP contribution is 2.15. The molecule has 0 aliphatic rings. The van der Waals surface area contributed by atoms with E-state index in [4.69, 9.17) is 52.1 Å². The first kappa shape index (κ1) is 46.1. The topological polar surface area (TPSA) is 128 Å². The van der Waals surface area contributed by atoms with Crippen molar-refractivity contribution in [2.24, 2.45) is 0 Å². The van der Waals surface area contributed by atoms with Crippen molar-refractivity contribution in [2.45, 2.75) is 51.9 Å². The van der Waals surface area contributed by atoms with Crippen LogP contribution in [-0.4, -0.2) is 152 Å². The molecule has 0 aliphatic heterocycles. The van der Waals surface area contributed by atoms with Crippen molar-refractivity contribution in [1.29, 1.82) is 0 Å². The van der Waals surface area contributed by atoms with Crippen LogP contribution in [0.15, 0.2) is 24.3 Å². The summed E-state index contributed by atoms with van der Waals surface area (Å²) in [5, 5.41) is 0. The molecule has 0 unspecified atom stereocenters. The van der Waals surface area contributed by atoms with Crippen molar-refractivity contribution in [1.82, 2.24) is 0 Å². The Hall–Kier alpha value is -1.91. The summed E-state index contributed by atoms with van der Waals surface area (Å²) in [6, 6.07) is 8.42. The number of esters is 1. The van der Waals surface area contributed by atoms with Gasteiger partial charge in [-0.2, -0.15) is 0 Å². The first-order valence-electron chi connectivity index (χ1n) is 18.3. The summed E-state index contributed by atoms with van der Waals surface area (Å²) in [4.78, 5) is 10.9. The fourth-order valence-electron chi connectivity index (χ4n) is 4.27. The summed E-state index contributed by atoms with van der Waals surface area (Å²) in [6.45, 7) is 11.9. The molecular formula is C37H66O13. The lowest BCUT2D eigenvalue weighted by Gasteiger charge is -2.09. The van der Waals surface area contributed by atoms with Gasteiger partial charge in [-0.15, -0.1) is 0 Å². The molecule has 0 fully saturated rings. The Morgan fingerprint density at radius 1 is 0.440 bits per heavy atom. The Morgan fingerprint density at radius 3 is 1.16 bits per heavy atom. The largest absolute Gasteiger partial charge is 0.491 e. The van der Waals surface area contributed by atoms with Crippen LogP contribution in [0.5, 0.6) is 5.75 Å². The van der Waals surface area contributed by atoms with E-state index >= 15 is 0 Å². The van der Waals surface area contributed by atoms with Crippen LogP contribution in [0.1, 0.15) is 51.0 Å². The number of aryl methyl sites for hydroxylation is 1. The number of carbonyl (C=O) groups is 1. The normalized spacial score (nSPS) is 11.3. The molecule has 0 aliphatic carbocycles. The van der Waals surface area contributed by atoms with E-state index < -0.39 is 5.97 Å². The number of methoxy groups -OCH3 is 1. The van der Waals surface area contributed by atoms with Crippen LogP contribution in [0, 0.1) is 0 Å². The van der Waals surface area contributed by atoms with Gasteiger partial charge in [-0.1, -0.05) is 51.2 Å². The van der Waals surface area contributed by atoms with Gasteiger partial charge >= 0.3 is 5.97 Å². The van der Waals surface area contributed by atoms with Crippen LogP contribution < -0.4 is 4.74 Å². The van der Waals surface area contributed by atoms with Crippen LogP contribution in [0.3, 0.4) is 0 Å². The number of hydrogen-bond donors (Lipinski definition) is 0. The SMILES string of the molecule is CCCCCCCCc1ccc(OCCOCCOCCOCCOCCOCCOCCOCCOCCOCCOCC(=O)OC)cc1.